The van der Waals surface area contributed by atoms with Crippen LogP contribution in [0.4, 0.5) is 5.82 Å². The topological polar surface area (TPSA) is 16.1 Å². The number of alkyl halides is 1. The summed E-state index contributed by atoms with van der Waals surface area (Å²) < 4.78 is 0. The Balaban J connectivity index is 1.98. The van der Waals surface area contributed by atoms with Crippen LogP contribution in [0.2, 0.25) is 0 Å². The number of nitrogens with zero attached hydrogens (tertiary/aromatic N) is 2. The zero-order chi connectivity index (χ0) is 10.7. The average molecular weight is 269 g/mol. The van der Waals surface area contributed by atoms with E-state index in [9.17, 15) is 0 Å². The van der Waals surface area contributed by atoms with E-state index in [-0.39, 0.29) is 0 Å². The largest absolute Gasteiger partial charge is 0.356 e. The lowest BCUT2D eigenvalue weighted by molar-refractivity contribution is 0.575. The molecule has 0 spiro atoms. The lowest BCUT2D eigenvalue weighted by Gasteiger charge is -2.17. The van der Waals surface area contributed by atoms with Crippen molar-refractivity contribution in [3.63, 3.8) is 0 Å². The van der Waals surface area contributed by atoms with E-state index in [1.54, 1.807) is 0 Å². The van der Waals surface area contributed by atoms with E-state index in [1.165, 1.54) is 24.9 Å². The molecule has 1 atom stereocenters. The van der Waals surface area contributed by atoms with Crippen molar-refractivity contribution in [1.82, 2.24) is 4.98 Å². The molecule has 0 bridgehead atoms. The number of aromatic nitrogens is 1. The van der Waals surface area contributed by atoms with Crippen LogP contribution in [0.1, 0.15) is 18.4 Å². The minimum Gasteiger partial charge on any atom is -0.356 e. The predicted molar refractivity (Wildman–Crippen MR) is 67.7 cm³/mol. The molecule has 1 unspecified atom stereocenters. The molecule has 82 valence electrons. The van der Waals surface area contributed by atoms with Gasteiger partial charge in [0.1, 0.15) is 5.82 Å². The fraction of sp³-hybridized carbons (Fsp3) is 0.583. The van der Waals surface area contributed by atoms with Gasteiger partial charge in [0, 0.05) is 24.6 Å². The third-order valence-electron chi connectivity index (χ3n) is 3.02. The van der Waals surface area contributed by atoms with Gasteiger partial charge >= 0.3 is 0 Å². The van der Waals surface area contributed by atoms with Gasteiger partial charge in [-0.25, -0.2) is 4.98 Å². The highest BCUT2D eigenvalue weighted by atomic mass is 79.9. The molecule has 0 amide bonds. The number of pyridine rings is 1. The van der Waals surface area contributed by atoms with Crippen LogP contribution in [0, 0.1) is 12.8 Å². The Labute approximate surface area is 99.8 Å². The molecule has 1 saturated heterocycles. The van der Waals surface area contributed by atoms with E-state index < -0.39 is 0 Å². The summed E-state index contributed by atoms with van der Waals surface area (Å²) in [6.07, 6.45) is 4.54. The first-order chi connectivity index (χ1) is 7.29. The number of hydrogen-bond donors (Lipinski definition) is 0. The summed E-state index contributed by atoms with van der Waals surface area (Å²) in [6, 6.07) is 4.27. The van der Waals surface area contributed by atoms with Crippen molar-refractivity contribution >= 4 is 21.7 Å². The van der Waals surface area contributed by atoms with Crippen LogP contribution in [-0.2, 0) is 0 Å². The summed E-state index contributed by atoms with van der Waals surface area (Å²) in [5.74, 6) is 1.98. The van der Waals surface area contributed by atoms with Gasteiger partial charge in [0.25, 0.3) is 0 Å². The highest BCUT2D eigenvalue weighted by Crippen LogP contribution is 2.24. The molecule has 1 aromatic heterocycles. The third-order valence-corrected chi connectivity index (χ3v) is 3.48. The van der Waals surface area contributed by atoms with Gasteiger partial charge in [-0.2, -0.15) is 0 Å². The van der Waals surface area contributed by atoms with Crippen molar-refractivity contribution in [2.75, 3.05) is 23.3 Å². The number of halogens is 1. The second-order valence-corrected chi connectivity index (χ2v) is 5.07. The van der Waals surface area contributed by atoms with Gasteiger partial charge < -0.3 is 4.90 Å². The minimum absolute atomic E-state index is 0.840. The highest BCUT2D eigenvalue weighted by Gasteiger charge is 2.22. The summed E-state index contributed by atoms with van der Waals surface area (Å²) in [4.78, 5) is 6.86. The fourth-order valence-corrected chi connectivity index (χ4v) is 2.73. The number of hydrogen-bond acceptors (Lipinski definition) is 2. The van der Waals surface area contributed by atoms with Crippen molar-refractivity contribution in [3.8, 4) is 0 Å². The van der Waals surface area contributed by atoms with Gasteiger partial charge in [0.15, 0.2) is 0 Å². The molecule has 2 heterocycles. The minimum atomic E-state index is 0.840. The normalized spacial score (nSPS) is 20.9. The second-order valence-electron chi connectivity index (χ2n) is 4.27. The lowest BCUT2D eigenvalue weighted by atomic mass is 10.1. The number of rotatable bonds is 3. The Bertz CT molecular complexity index is 310. The molecule has 3 heteroatoms. The van der Waals surface area contributed by atoms with Crippen molar-refractivity contribution < 1.29 is 0 Å². The summed E-state index contributed by atoms with van der Waals surface area (Å²) in [6.45, 7) is 4.41. The quantitative estimate of drug-likeness (QED) is 0.784. The van der Waals surface area contributed by atoms with Crippen LogP contribution in [0.5, 0.6) is 0 Å². The molecule has 2 rings (SSSR count). The first kappa shape index (κ1) is 10.9. The zero-order valence-corrected chi connectivity index (χ0v) is 10.7. The number of anilines is 1. The smallest absolute Gasteiger partial charge is 0.128 e. The van der Waals surface area contributed by atoms with Gasteiger partial charge in [-0.05, 0) is 37.3 Å². The molecule has 1 aromatic rings. The third kappa shape index (κ3) is 2.71. The molecule has 0 aliphatic carbocycles. The first-order valence-corrected chi connectivity index (χ1v) is 6.65. The Morgan fingerprint density at radius 3 is 3.07 bits per heavy atom. The van der Waals surface area contributed by atoms with Crippen LogP contribution in [0.25, 0.3) is 0 Å². The molecule has 1 aliphatic heterocycles. The van der Waals surface area contributed by atoms with Gasteiger partial charge in [-0.15, -0.1) is 0 Å². The molecule has 1 aliphatic rings. The molecular formula is C12H17BrN2. The van der Waals surface area contributed by atoms with E-state index >= 15 is 0 Å². The molecular weight excluding hydrogens is 252 g/mol. The molecule has 0 N–H and O–H groups in total. The van der Waals surface area contributed by atoms with Gasteiger partial charge in [0.2, 0.25) is 0 Å². The number of aryl methyl sites for hydroxylation is 1. The summed E-state index contributed by atoms with van der Waals surface area (Å²) >= 11 is 3.51. The van der Waals surface area contributed by atoms with E-state index in [1.807, 2.05) is 6.20 Å². The van der Waals surface area contributed by atoms with Gasteiger partial charge in [-0.3, -0.25) is 0 Å². The predicted octanol–water partition coefficient (Wildman–Crippen LogP) is 3.00. The maximum atomic E-state index is 4.47. The Kier molecular flexibility index (Phi) is 3.62. The SMILES string of the molecule is Cc1ccc(N2CCC(CCBr)C2)nc1. The van der Waals surface area contributed by atoms with E-state index in [4.69, 9.17) is 0 Å². The highest BCUT2D eigenvalue weighted by molar-refractivity contribution is 9.09. The van der Waals surface area contributed by atoms with Crippen LogP contribution < -0.4 is 4.90 Å². The summed E-state index contributed by atoms with van der Waals surface area (Å²) in [5, 5.41) is 1.12. The molecule has 1 fully saturated rings. The molecule has 0 saturated carbocycles. The fourth-order valence-electron chi connectivity index (χ4n) is 2.08. The molecule has 0 radical (unpaired) electrons. The van der Waals surface area contributed by atoms with E-state index in [0.29, 0.717) is 0 Å². The second kappa shape index (κ2) is 4.97. The van der Waals surface area contributed by atoms with Crippen LogP contribution in [0.15, 0.2) is 18.3 Å². The lowest BCUT2D eigenvalue weighted by Crippen LogP contribution is -2.20. The van der Waals surface area contributed by atoms with Gasteiger partial charge in [0.05, 0.1) is 0 Å². The molecule has 0 aromatic carbocycles. The summed E-state index contributed by atoms with van der Waals surface area (Å²) in [7, 11) is 0. The Morgan fingerprint density at radius 1 is 1.53 bits per heavy atom. The van der Waals surface area contributed by atoms with Crippen molar-refractivity contribution in [3.05, 3.63) is 23.9 Å². The maximum Gasteiger partial charge on any atom is 0.128 e. The Morgan fingerprint density at radius 2 is 2.40 bits per heavy atom. The zero-order valence-electron chi connectivity index (χ0n) is 9.12. The first-order valence-electron chi connectivity index (χ1n) is 5.53. The molecule has 15 heavy (non-hydrogen) atoms. The van der Waals surface area contributed by atoms with Crippen molar-refractivity contribution in [2.45, 2.75) is 19.8 Å². The van der Waals surface area contributed by atoms with Crippen LogP contribution in [-0.4, -0.2) is 23.4 Å². The van der Waals surface area contributed by atoms with Crippen LogP contribution in [0.3, 0.4) is 0 Å². The average Bonchev–Trinajstić information content (AvgIpc) is 2.68. The standard InChI is InChI=1S/C12H17BrN2/c1-10-2-3-12(14-8-10)15-7-5-11(9-15)4-6-13/h2-3,8,11H,4-7,9H2,1H3. The van der Waals surface area contributed by atoms with Crippen molar-refractivity contribution in [1.29, 1.82) is 0 Å². The monoisotopic (exact) mass is 268 g/mol. The van der Waals surface area contributed by atoms with Gasteiger partial charge in [-0.1, -0.05) is 22.0 Å². The van der Waals surface area contributed by atoms with E-state index in [0.717, 1.165) is 23.6 Å². The molecule has 2 nitrogen and oxygen atoms in total. The van der Waals surface area contributed by atoms with Crippen LogP contribution >= 0.6 is 15.9 Å². The van der Waals surface area contributed by atoms with E-state index in [2.05, 4.69) is 44.9 Å². The summed E-state index contributed by atoms with van der Waals surface area (Å²) in [5.41, 5.74) is 1.23. The maximum absolute atomic E-state index is 4.47. The Hall–Kier alpha value is -0.570. The van der Waals surface area contributed by atoms with Crippen molar-refractivity contribution in [2.24, 2.45) is 5.92 Å².